The molecule has 1 N–H and O–H groups in total. The number of hydrogen-bond donors (Lipinski definition) is 1. The predicted molar refractivity (Wildman–Crippen MR) is 130 cm³/mol. The zero-order valence-corrected chi connectivity index (χ0v) is 21.0. The van der Waals surface area contributed by atoms with Gasteiger partial charge in [-0.05, 0) is 42.2 Å². The zero-order chi connectivity index (χ0) is 24.3. The molecule has 0 aromatic carbocycles. The Balaban J connectivity index is 1.37. The molecule has 1 unspecified atom stereocenters. The van der Waals surface area contributed by atoms with Gasteiger partial charge >= 0.3 is 0 Å². The third kappa shape index (κ3) is 5.52. The molecule has 4 heterocycles. The SMILES string of the molecule is COc1cc(C(=O)N2CCC3(CC2)CCN(C(=O)C(Cc2cccs2)NC(C)=O)C3)cc(Cl)n1. The van der Waals surface area contributed by atoms with Crippen molar-refractivity contribution in [1.29, 1.82) is 0 Å². The molecule has 0 radical (unpaired) electrons. The van der Waals surface area contributed by atoms with Crippen molar-refractivity contribution in [2.75, 3.05) is 33.3 Å². The first-order valence-corrected chi connectivity index (χ1v) is 12.6. The van der Waals surface area contributed by atoms with Crippen LogP contribution in [-0.4, -0.2) is 71.8 Å². The molecule has 34 heavy (non-hydrogen) atoms. The summed E-state index contributed by atoms with van der Waals surface area (Å²) in [4.78, 5) is 46.9. The van der Waals surface area contributed by atoms with Gasteiger partial charge in [-0.15, -0.1) is 11.3 Å². The van der Waals surface area contributed by atoms with Crippen LogP contribution in [0, 0.1) is 5.41 Å². The van der Waals surface area contributed by atoms with Gasteiger partial charge in [0.1, 0.15) is 11.2 Å². The number of piperidine rings is 1. The van der Waals surface area contributed by atoms with E-state index in [-0.39, 0.29) is 28.3 Å². The van der Waals surface area contributed by atoms with Gasteiger partial charge in [0, 0.05) is 56.0 Å². The van der Waals surface area contributed by atoms with Crippen molar-refractivity contribution in [3.63, 3.8) is 0 Å². The second kappa shape index (κ2) is 10.3. The highest BCUT2D eigenvalue weighted by molar-refractivity contribution is 7.09. The van der Waals surface area contributed by atoms with Gasteiger partial charge in [-0.25, -0.2) is 4.98 Å². The van der Waals surface area contributed by atoms with Gasteiger partial charge in [0.2, 0.25) is 17.7 Å². The van der Waals surface area contributed by atoms with Crippen LogP contribution in [0.2, 0.25) is 5.15 Å². The molecule has 1 atom stereocenters. The van der Waals surface area contributed by atoms with E-state index in [2.05, 4.69) is 10.3 Å². The van der Waals surface area contributed by atoms with Crippen LogP contribution in [0.25, 0.3) is 0 Å². The summed E-state index contributed by atoms with van der Waals surface area (Å²) in [5.41, 5.74) is 0.465. The lowest BCUT2D eigenvalue weighted by molar-refractivity contribution is -0.135. The van der Waals surface area contributed by atoms with Crippen LogP contribution in [0.4, 0.5) is 0 Å². The molecule has 0 saturated carbocycles. The Bertz CT molecular complexity index is 1050. The molecule has 0 aliphatic carbocycles. The van der Waals surface area contributed by atoms with E-state index in [1.54, 1.807) is 23.5 Å². The van der Waals surface area contributed by atoms with E-state index in [0.717, 1.165) is 24.1 Å². The number of carbonyl (C=O) groups excluding carboxylic acids is 3. The normalized spacial score (nSPS) is 18.1. The molecule has 2 fully saturated rings. The highest BCUT2D eigenvalue weighted by Gasteiger charge is 2.44. The number of hydrogen-bond acceptors (Lipinski definition) is 6. The van der Waals surface area contributed by atoms with E-state index in [9.17, 15) is 14.4 Å². The first-order chi connectivity index (χ1) is 16.3. The molecule has 0 bridgehead atoms. The van der Waals surface area contributed by atoms with Crippen LogP contribution in [0.15, 0.2) is 29.6 Å². The average molecular weight is 505 g/mol. The number of ether oxygens (including phenoxy) is 1. The average Bonchev–Trinajstić information content (AvgIpc) is 3.48. The van der Waals surface area contributed by atoms with Gasteiger partial charge in [0.15, 0.2) is 0 Å². The summed E-state index contributed by atoms with van der Waals surface area (Å²) in [6.07, 6.45) is 3.06. The molecule has 182 valence electrons. The molecule has 3 amide bonds. The molecule has 2 aliphatic heterocycles. The van der Waals surface area contributed by atoms with Crippen LogP contribution >= 0.6 is 22.9 Å². The smallest absolute Gasteiger partial charge is 0.254 e. The molecule has 2 aromatic heterocycles. The number of carbonyl (C=O) groups is 3. The number of pyridine rings is 1. The Morgan fingerprint density at radius 3 is 2.53 bits per heavy atom. The number of aromatic nitrogens is 1. The Hall–Kier alpha value is -2.65. The molecule has 4 rings (SSSR count). The monoisotopic (exact) mass is 504 g/mol. The molecule has 2 aromatic rings. The summed E-state index contributed by atoms with van der Waals surface area (Å²) in [7, 11) is 1.49. The maximum Gasteiger partial charge on any atom is 0.254 e. The van der Waals surface area contributed by atoms with Gasteiger partial charge in [0.25, 0.3) is 5.91 Å². The summed E-state index contributed by atoms with van der Waals surface area (Å²) < 4.78 is 5.13. The molecule has 2 aliphatic rings. The van der Waals surface area contributed by atoms with Crippen LogP contribution < -0.4 is 10.1 Å². The first kappa shape index (κ1) is 24.5. The van der Waals surface area contributed by atoms with Gasteiger partial charge in [-0.2, -0.15) is 0 Å². The maximum atomic E-state index is 13.3. The minimum atomic E-state index is -0.556. The topological polar surface area (TPSA) is 91.8 Å². The van der Waals surface area contributed by atoms with E-state index in [0.29, 0.717) is 44.0 Å². The fourth-order valence-corrected chi connectivity index (χ4v) is 5.85. The number of nitrogens with one attached hydrogen (secondary N) is 1. The van der Waals surface area contributed by atoms with E-state index in [4.69, 9.17) is 16.3 Å². The van der Waals surface area contributed by atoms with E-state index in [1.165, 1.54) is 14.0 Å². The lowest BCUT2D eigenvalue weighted by Crippen LogP contribution is -2.50. The maximum absolute atomic E-state index is 13.3. The minimum Gasteiger partial charge on any atom is -0.481 e. The van der Waals surface area contributed by atoms with Gasteiger partial charge in [-0.3, -0.25) is 14.4 Å². The van der Waals surface area contributed by atoms with E-state index < -0.39 is 6.04 Å². The summed E-state index contributed by atoms with van der Waals surface area (Å²) in [6.45, 7) is 4.01. The number of halogens is 1. The van der Waals surface area contributed by atoms with Crippen molar-refractivity contribution in [3.8, 4) is 5.88 Å². The van der Waals surface area contributed by atoms with Crippen LogP contribution in [0.5, 0.6) is 5.88 Å². The zero-order valence-electron chi connectivity index (χ0n) is 19.4. The standard InChI is InChI=1S/C24H29ClN4O4S/c1-16(30)26-19(14-18-4-3-11-34-18)23(32)29-10-7-24(15-29)5-8-28(9-6-24)22(31)17-12-20(25)27-21(13-17)33-2/h3-4,11-13,19H,5-10,14-15H2,1-2H3,(H,26,30). The van der Waals surface area contributed by atoms with Gasteiger partial charge in [0.05, 0.1) is 7.11 Å². The highest BCUT2D eigenvalue weighted by Crippen LogP contribution is 2.41. The first-order valence-electron chi connectivity index (χ1n) is 11.4. The summed E-state index contributed by atoms with van der Waals surface area (Å²) in [5.74, 6) is -0.0171. The molecule has 8 nitrogen and oxygen atoms in total. The molecular weight excluding hydrogens is 476 g/mol. The number of rotatable bonds is 6. The Morgan fingerprint density at radius 1 is 1.21 bits per heavy atom. The Kier molecular flexibility index (Phi) is 7.42. The second-order valence-electron chi connectivity index (χ2n) is 9.06. The second-order valence-corrected chi connectivity index (χ2v) is 10.5. The largest absolute Gasteiger partial charge is 0.481 e. The highest BCUT2D eigenvalue weighted by atomic mass is 35.5. The van der Waals surface area contributed by atoms with Crippen molar-refractivity contribution in [1.82, 2.24) is 20.1 Å². The fraction of sp³-hybridized carbons (Fsp3) is 0.500. The molecule has 1 spiro atoms. The quantitative estimate of drug-likeness (QED) is 0.610. The number of methoxy groups -OCH3 is 1. The molecular formula is C24H29ClN4O4S. The van der Waals surface area contributed by atoms with Crippen LogP contribution in [-0.2, 0) is 16.0 Å². The number of thiophene rings is 1. The summed E-state index contributed by atoms with van der Waals surface area (Å²) in [6, 6.07) is 6.54. The minimum absolute atomic E-state index is 0.00369. The van der Waals surface area contributed by atoms with E-state index >= 15 is 0 Å². The predicted octanol–water partition coefficient (Wildman–Crippen LogP) is 3.01. The molecule has 2 saturated heterocycles. The van der Waals surface area contributed by atoms with Crippen LogP contribution in [0.1, 0.15) is 41.4 Å². The van der Waals surface area contributed by atoms with Crippen molar-refractivity contribution in [2.24, 2.45) is 5.41 Å². The van der Waals surface area contributed by atoms with Crippen molar-refractivity contribution < 1.29 is 19.1 Å². The number of amides is 3. The van der Waals surface area contributed by atoms with Crippen molar-refractivity contribution >= 4 is 40.7 Å². The van der Waals surface area contributed by atoms with E-state index in [1.807, 2.05) is 27.3 Å². The van der Waals surface area contributed by atoms with Crippen molar-refractivity contribution in [3.05, 3.63) is 45.2 Å². The number of likely N-dealkylation sites (tertiary alicyclic amines) is 2. The number of nitrogens with zero attached hydrogens (tertiary/aromatic N) is 3. The Labute approximate surface area is 208 Å². The summed E-state index contributed by atoms with van der Waals surface area (Å²) in [5, 5.41) is 5.03. The lowest BCUT2D eigenvalue weighted by atomic mass is 9.77. The van der Waals surface area contributed by atoms with Gasteiger partial charge < -0.3 is 19.9 Å². The summed E-state index contributed by atoms with van der Waals surface area (Å²) >= 11 is 7.62. The van der Waals surface area contributed by atoms with Crippen molar-refractivity contribution in [2.45, 2.75) is 38.6 Å². The lowest BCUT2D eigenvalue weighted by Gasteiger charge is -2.39. The third-order valence-electron chi connectivity index (χ3n) is 6.75. The van der Waals surface area contributed by atoms with Crippen LogP contribution in [0.3, 0.4) is 0 Å². The fourth-order valence-electron chi connectivity index (χ4n) is 4.89. The third-order valence-corrected chi connectivity index (χ3v) is 7.84. The van der Waals surface area contributed by atoms with Gasteiger partial charge in [-0.1, -0.05) is 17.7 Å². The Morgan fingerprint density at radius 2 is 1.91 bits per heavy atom. The molecule has 10 heteroatoms.